The second kappa shape index (κ2) is 6.57. The molecule has 0 aromatic carbocycles. The van der Waals surface area contributed by atoms with Crippen LogP contribution < -0.4 is 0 Å². The van der Waals surface area contributed by atoms with E-state index in [0.29, 0.717) is 12.3 Å². The highest BCUT2D eigenvalue weighted by molar-refractivity contribution is 7.99. The van der Waals surface area contributed by atoms with Crippen LogP contribution in [-0.2, 0) is 5.75 Å². The van der Waals surface area contributed by atoms with Crippen LogP contribution in [0.4, 0.5) is 0 Å². The molecule has 1 N–H and O–H groups in total. The molecule has 1 saturated carbocycles. The second-order valence-electron chi connectivity index (χ2n) is 5.03. The number of thioether (sulfide) groups is 1. The van der Waals surface area contributed by atoms with Crippen molar-refractivity contribution in [1.29, 1.82) is 0 Å². The van der Waals surface area contributed by atoms with Crippen LogP contribution >= 0.6 is 11.8 Å². The monoisotopic (exact) mass is 270 g/mol. The average Bonchev–Trinajstić information content (AvgIpc) is 3.05. The number of hydrogen-bond acceptors (Lipinski definition) is 5. The lowest BCUT2D eigenvalue weighted by molar-refractivity contribution is 0.129. The molecule has 18 heavy (non-hydrogen) atoms. The molecule has 2 unspecified atom stereocenters. The molecule has 1 aliphatic rings. The van der Waals surface area contributed by atoms with Crippen LogP contribution in [0.25, 0.3) is 0 Å². The predicted molar refractivity (Wildman–Crippen MR) is 72.6 cm³/mol. The zero-order valence-electron chi connectivity index (χ0n) is 11.1. The Balaban J connectivity index is 1.85. The van der Waals surface area contributed by atoms with Crippen molar-refractivity contribution in [2.75, 3.05) is 0 Å². The van der Waals surface area contributed by atoms with Crippen molar-refractivity contribution >= 4 is 11.8 Å². The van der Waals surface area contributed by atoms with Gasteiger partial charge in [-0.1, -0.05) is 31.8 Å². The lowest BCUT2D eigenvalue weighted by Crippen LogP contribution is -2.14. The fraction of sp³-hybridized carbons (Fsp3) is 0.846. The largest absolute Gasteiger partial charge is 0.392 e. The van der Waals surface area contributed by atoms with Gasteiger partial charge in [0.1, 0.15) is 0 Å². The fourth-order valence-electron chi connectivity index (χ4n) is 2.28. The van der Waals surface area contributed by atoms with Crippen molar-refractivity contribution in [3.8, 4) is 0 Å². The highest BCUT2D eigenvalue weighted by atomic mass is 32.2. The van der Waals surface area contributed by atoms with E-state index in [9.17, 15) is 5.11 Å². The summed E-state index contributed by atoms with van der Waals surface area (Å²) in [6.07, 6.45) is 5.65. The van der Waals surface area contributed by atoms with Gasteiger partial charge in [0.2, 0.25) is 5.89 Å². The minimum atomic E-state index is -0.402. The van der Waals surface area contributed by atoms with E-state index in [1.807, 2.05) is 25.6 Å². The molecular formula is C13H22N2O2S. The van der Waals surface area contributed by atoms with Crippen molar-refractivity contribution in [3.63, 3.8) is 0 Å². The molecule has 1 aromatic heterocycles. The zero-order valence-corrected chi connectivity index (χ0v) is 11.9. The predicted octanol–water partition coefficient (Wildman–Crippen LogP) is 3.12. The Morgan fingerprint density at radius 3 is 2.83 bits per heavy atom. The summed E-state index contributed by atoms with van der Waals surface area (Å²) < 4.78 is 5.23. The van der Waals surface area contributed by atoms with E-state index in [4.69, 9.17) is 4.52 Å². The molecule has 1 heterocycles. The van der Waals surface area contributed by atoms with E-state index < -0.39 is 6.10 Å². The second-order valence-corrected chi connectivity index (χ2v) is 6.32. The minimum Gasteiger partial charge on any atom is -0.392 e. The minimum absolute atomic E-state index is 0.0762. The van der Waals surface area contributed by atoms with Crippen LogP contribution in [0.1, 0.15) is 63.6 Å². The molecule has 102 valence electrons. The molecule has 1 aliphatic carbocycles. The lowest BCUT2D eigenvalue weighted by atomic mass is 10.0. The molecule has 0 bridgehead atoms. The number of rotatable bonds is 6. The van der Waals surface area contributed by atoms with Gasteiger partial charge >= 0.3 is 0 Å². The van der Waals surface area contributed by atoms with Crippen LogP contribution in [0.2, 0.25) is 0 Å². The van der Waals surface area contributed by atoms with Crippen molar-refractivity contribution in [1.82, 2.24) is 10.1 Å². The van der Waals surface area contributed by atoms with Crippen LogP contribution in [0.5, 0.6) is 0 Å². The number of hydrogen-bond donors (Lipinski definition) is 1. The Bertz CT molecular complexity index is 364. The first kappa shape index (κ1) is 13.9. The van der Waals surface area contributed by atoms with Gasteiger partial charge in [-0.3, -0.25) is 0 Å². The van der Waals surface area contributed by atoms with Gasteiger partial charge in [0, 0.05) is 5.25 Å². The maximum atomic E-state index is 9.76. The SMILES string of the molecule is CCC(O)C(C)c1nc(CSC2CCCC2)no1. The summed E-state index contributed by atoms with van der Waals surface area (Å²) in [4.78, 5) is 4.38. The number of aromatic nitrogens is 2. The zero-order chi connectivity index (χ0) is 13.0. The Morgan fingerprint density at radius 2 is 2.17 bits per heavy atom. The molecule has 5 heteroatoms. The molecule has 1 aromatic rings. The Hall–Kier alpha value is -0.550. The maximum Gasteiger partial charge on any atom is 0.232 e. The van der Waals surface area contributed by atoms with E-state index in [1.54, 1.807) is 0 Å². The number of aliphatic hydroxyl groups is 1. The van der Waals surface area contributed by atoms with Crippen LogP contribution in [0.3, 0.4) is 0 Å². The first-order chi connectivity index (χ1) is 8.70. The molecule has 2 rings (SSSR count). The third kappa shape index (κ3) is 3.48. The number of aliphatic hydroxyl groups excluding tert-OH is 1. The Kier molecular flexibility index (Phi) is 5.06. The first-order valence-electron chi connectivity index (χ1n) is 6.82. The van der Waals surface area contributed by atoms with Crippen molar-refractivity contribution in [2.45, 2.75) is 69.0 Å². The Morgan fingerprint density at radius 1 is 1.44 bits per heavy atom. The van der Waals surface area contributed by atoms with Gasteiger partial charge in [0.15, 0.2) is 5.82 Å². The third-order valence-electron chi connectivity index (χ3n) is 3.62. The average molecular weight is 270 g/mol. The molecule has 2 atom stereocenters. The van der Waals surface area contributed by atoms with Gasteiger partial charge < -0.3 is 9.63 Å². The lowest BCUT2D eigenvalue weighted by Gasteiger charge is -2.11. The molecule has 0 amide bonds. The van der Waals surface area contributed by atoms with Crippen LogP contribution in [0, 0.1) is 0 Å². The van der Waals surface area contributed by atoms with Gasteiger partial charge in [0.25, 0.3) is 0 Å². The van der Waals surface area contributed by atoms with E-state index in [0.717, 1.165) is 16.8 Å². The standard InChI is InChI=1S/C13H22N2O2S/c1-3-11(16)9(2)13-14-12(15-17-13)8-18-10-6-4-5-7-10/h9-11,16H,3-8H2,1-2H3. The van der Waals surface area contributed by atoms with Crippen LogP contribution in [0.15, 0.2) is 4.52 Å². The summed E-state index contributed by atoms with van der Waals surface area (Å²) in [7, 11) is 0. The van der Waals surface area contributed by atoms with Gasteiger partial charge in [0.05, 0.1) is 17.8 Å². The van der Waals surface area contributed by atoms with E-state index >= 15 is 0 Å². The highest BCUT2D eigenvalue weighted by Crippen LogP contribution is 2.31. The van der Waals surface area contributed by atoms with Crippen LogP contribution in [-0.4, -0.2) is 26.6 Å². The molecule has 1 fully saturated rings. The molecule has 0 spiro atoms. The first-order valence-corrected chi connectivity index (χ1v) is 7.87. The summed E-state index contributed by atoms with van der Waals surface area (Å²) in [6, 6.07) is 0. The Labute approximate surface area is 113 Å². The van der Waals surface area contributed by atoms with E-state index in [-0.39, 0.29) is 5.92 Å². The smallest absolute Gasteiger partial charge is 0.232 e. The van der Waals surface area contributed by atoms with Gasteiger partial charge in [-0.25, -0.2) is 0 Å². The molecular weight excluding hydrogens is 248 g/mol. The highest BCUT2D eigenvalue weighted by Gasteiger charge is 2.22. The van der Waals surface area contributed by atoms with Gasteiger partial charge in [-0.2, -0.15) is 16.7 Å². The summed E-state index contributed by atoms with van der Waals surface area (Å²) >= 11 is 1.93. The maximum absolute atomic E-state index is 9.76. The normalized spacial score (nSPS) is 20.2. The molecule has 0 saturated heterocycles. The van der Waals surface area contributed by atoms with E-state index in [2.05, 4.69) is 10.1 Å². The van der Waals surface area contributed by atoms with Crippen molar-refractivity contribution < 1.29 is 9.63 Å². The fourth-order valence-corrected chi connectivity index (χ4v) is 3.45. The summed E-state index contributed by atoms with van der Waals surface area (Å²) in [5, 5.41) is 14.5. The number of nitrogens with zero attached hydrogens (tertiary/aromatic N) is 2. The van der Waals surface area contributed by atoms with Gasteiger partial charge in [-0.05, 0) is 19.3 Å². The summed E-state index contributed by atoms with van der Waals surface area (Å²) in [5.41, 5.74) is 0. The van der Waals surface area contributed by atoms with Crippen molar-refractivity contribution in [2.24, 2.45) is 0 Å². The quantitative estimate of drug-likeness (QED) is 0.860. The molecule has 4 nitrogen and oxygen atoms in total. The summed E-state index contributed by atoms with van der Waals surface area (Å²) in [6.45, 7) is 3.88. The van der Waals surface area contributed by atoms with Gasteiger partial charge in [-0.15, -0.1) is 0 Å². The molecule has 0 aliphatic heterocycles. The van der Waals surface area contributed by atoms with Crippen molar-refractivity contribution in [3.05, 3.63) is 11.7 Å². The third-order valence-corrected chi connectivity index (χ3v) is 4.99. The summed E-state index contributed by atoms with van der Waals surface area (Å²) in [5.74, 6) is 2.07. The topological polar surface area (TPSA) is 59.2 Å². The molecule has 0 radical (unpaired) electrons. The van der Waals surface area contributed by atoms with E-state index in [1.165, 1.54) is 25.7 Å².